The zero-order valence-corrected chi connectivity index (χ0v) is 5.69. The Bertz CT molecular complexity index is 387. The Kier molecular flexibility index (Phi) is 1.22. The molecule has 1 radical (unpaired) electrons. The van der Waals surface area contributed by atoms with E-state index in [0.29, 0.717) is 5.52 Å². The molecule has 0 unspecified atom stereocenters. The highest BCUT2D eigenvalue weighted by Crippen LogP contribution is 2.12. The molecule has 2 aromatic rings. The van der Waals surface area contributed by atoms with Gasteiger partial charge in [-0.25, -0.2) is 4.98 Å². The van der Waals surface area contributed by atoms with Crippen molar-refractivity contribution in [1.82, 2.24) is 9.97 Å². The van der Waals surface area contributed by atoms with E-state index in [1.807, 2.05) is 0 Å². The molecule has 0 aromatic carbocycles. The first-order valence-corrected chi connectivity index (χ1v) is 3.25. The summed E-state index contributed by atoms with van der Waals surface area (Å²) in [6.07, 6.45) is 1.68. The quantitative estimate of drug-likeness (QED) is 0.567. The van der Waals surface area contributed by atoms with Gasteiger partial charge in [-0.05, 0) is 18.2 Å². The third kappa shape index (κ3) is 1.00. The van der Waals surface area contributed by atoms with Crippen LogP contribution in [-0.2, 0) is 5.11 Å². The second-order valence-electron chi connectivity index (χ2n) is 2.19. The van der Waals surface area contributed by atoms with Crippen molar-refractivity contribution in [2.45, 2.75) is 0 Å². The summed E-state index contributed by atoms with van der Waals surface area (Å²) in [5, 5.41) is 10.7. The van der Waals surface area contributed by atoms with Gasteiger partial charge in [0.1, 0.15) is 0 Å². The summed E-state index contributed by atoms with van der Waals surface area (Å²) in [7, 11) is 0. The molecule has 0 amide bonds. The molecule has 0 bridgehead atoms. The smallest absolute Gasteiger partial charge is 0.267 e. The van der Waals surface area contributed by atoms with E-state index in [1.54, 1.807) is 24.4 Å². The standard InChI is InChI=1S/C8H5N2O/c11-8-4-3-6-7(10-8)2-1-5-9-6/h1-5H. The van der Waals surface area contributed by atoms with Gasteiger partial charge in [-0.2, -0.15) is 0 Å². The maximum absolute atomic E-state index is 10.7. The molecule has 0 aliphatic heterocycles. The molecule has 0 saturated heterocycles. The summed E-state index contributed by atoms with van der Waals surface area (Å²) in [5.74, 6) is -0.217. The van der Waals surface area contributed by atoms with Gasteiger partial charge in [-0.1, -0.05) is 0 Å². The number of fused-ring (bicyclic) bond motifs is 1. The normalized spacial score (nSPS) is 10.2. The van der Waals surface area contributed by atoms with Crippen molar-refractivity contribution in [3.05, 3.63) is 30.5 Å². The van der Waals surface area contributed by atoms with E-state index in [1.165, 1.54) is 6.07 Å². The third-order valence-corrected chi connectivity index (χ3v) is 1.43. The predicted molar refractivity (Wildman–Crippen MR) is 39.7 cm³/mol. The number of nitrogens with zero attached hydrogens (tertiary/aromatic N) is 2. The molecule has 0 fully saturated rings. The van der Waals surface area contributed by atoms with Crippen LogP contribution in [0.5, 0.6) is 5.88 Å². The van der Waals surface area contributed by atoms with Gasteiger partial charge in [0.25, 0.3) is 5.88 Å². The first kappa shape index (κ1) is 6.09. The van der Waals surface area contributed by atoms with Gasteiger partial charge in [0.05, 0.1) is 11.0 Å². The van der Waals surface area contributed by atoms with Crippen LogP contribution in [0.1, 0.15) is 0 Å². The van der Waals surface area contributed by atoms with E-state index in [-0.39, 0.29) is 5.88 Å². The van der Waals surface area contributed by atoms with Crippen LogP contribution in [0.3, 0.4) is 0 Å². The lowest BCUT2D eigenvalue weighted by Crippen LogP contribution is -1.79. The van der Waals surface area contributed by atoms with Crippen molar-refractivity contribution >= 4 is 11.0 Å². The number of hydrogen-bond donors (Lipinski definition) is 0. The van der Waals surface area contributed by atoms with E-state index in [9.17, 15) is 5.11 Å². The van der Waals surface area contributed by atoms with Crippen molar-refractivity contribution in [2.24, 2.45) is 0 Å². The summed E-state index contributed by atoms with van der Waals surface area (Å²) in [6, 6.07) is 6.61. The van der Waals surface area contributed by atoms with E-state index < -0.39 is 0 Å². The molecule has 2 aromatic heterocycles. The Labute approximate surface area is 63.3 Å². The first-order chi connectivity index (χ1) is 5.36. The van der Waals surface area contributed by atoms with Crippen LogP contribution in [0.25, 0.3) is 11.0 Å². The highest BCUT2D eigenvalue weighted by Gasteiger charge is 1.95. The van der Waals surface area contributed by atoms with E-state index in [0.717, 1.165) is 5.52 Å². The Morgan fingerprint density at radius 2 is 2.00 bits per heavy atom. The molecule has 11 heavy (non-hydrogen) atoms. The van der Waals surface area contributed by atoms with Crippen LogP contribution in [0, 0.1) is 0 Å². The lowest BCUT2D eigenvalue weighted by atomic mass is 10.3. The van der Waals surface area contributed by atoms with E-state index in [2.05, 4.69) is 9.97 Å². The lowest BCUT2D eigenvalue weighted by molar-refractivity contribution is 0.339. The third-order valence-electron chi connectivity index (χ3n) is 1.43. The lowest BCUT2D eigenvalue weighted by Gasteiger charge is -1.92. The summed E-state index contributed by atoms with van der Waals surface area (Å²) in [5.41, 5.74) is 1.41. The molecule has 0 N–H and O–H groups in total. The van der Waals surface area contributed by atoms with Crippen molar-refractivity contribution < 1.29 is 5.11 Å². The van der Waals surface area contributed by atoms with E-state index >= 15 is 0 Å². The van der Waals surface area contributed by atoms with Gasteiger partial charge in [-0.15, -0.1) is 0 Å². The zero-order chi connectivity index (χ0) is 7.68. The van der Waals surface area contributed by atoms with Crippen LogP contribution in [0.2, 0.25) is 0 Å². The van der Waals surface area contributed by atoms with Crippen LogP contribution < -0.4 is 0 Å². The highest BCUT2D eigenvalue weighted by molar-refractivity contribution is 5.73. The largest absolute Gasteiger partial charge is 0.270 e. The maximum Gasteiger partial charge on any atom is 0.270 e. The van der Waals surface area contributed by atoms with Crippen molar-refractivity contribution in [3.8, 4) is 5.88 Å². The molecule has 0 saturated carbocycles. The van der Waals surface area contributed by atoms with Gasteiger partial charge in [0.15, 0.2) is 0 Å². The molecule has 0 aliphatic rings. The molecule has 2 rings (SSSR count). The summed E-state index contributed by atoms with van der Waals surface area (Å²) in [6.45, 7) is 0. The number of hydrogen-bond acceptors (Lipinski definition) is 2. The van der Waals surface area contributed by atoms with Crippen LogP contribution in [0.15, 0.2) is 30.5 Å². The summed E-state index contributed by atoms with van der Waals surface area (Å²) in [4.78, 5) is 7.78. The van der Waals surface area contributed by atoms with Crippen LogP contribution in [-0.4, -0.2) is 9.97 Å². The summed E-state index contributed by atoms with van der Waals surface area (Å²) >= 11 is 0. The Hall–Kier alpha value is -1.64. The molecule has 0 atom stereocenters. The topological polar surface area (TPSA) is 45.7 Å². The van der Waals surface area contributed by atoms with Crippen molar-refractivity contribution in [3.63, 3.8) is 0 Å². The fourth-order valence-corrected chi connectivity index (χ4v) is 0.938. The van der Waals surface area contributed by atoms with Gasteiger partial charge >= 0.3 is 0 Å². The monoisotopic (exact) mass is 145 g/mol. The molecule has 0 aliphatic carbocycles. The maximum atomic E-state index is 10.7. The average Bonchev–Trinajstić information content (AvgIpc) is 2.04. The second-order valence-corrected chi connectivity index (χ2v) is 2.19. The molecular formula is C8H5N2O. The highest BCUT2D eigenvalue weighted by atomic mass is 16.3. The van der Waals surface area contributed by atoms with Gasteiger partial charge in [-0.3, -0.25) is 10.1 Å². The van der Waals surface area contributed by atoms with Crippen LogP contribution >= 0.6 is 0 Å². The molecule has 3 heteroatoms. The molecule has 3 nitrogen and oxygen atoms in total. The minimum Gasteiger partial charge on any atom is -0.267 e. The first-order valence-electron chi connectivity index (χ1n) is 3.25. The minimum absolute atomic E-state index is 0.217. The SMILES string of the molecule is [O]c1ccc2ncccc2n1. The Morgan fingerprint density at radius 1 is 1.09 bits per heavy atom. The average molecular weight is 145 g/mol. The molecular weight excluding hydrogens is 140 g/mol. The Morgan fingerprint density at radius 3 is 2.91 bits per heavy atom. The number of aromatic nitrogens is 2. The summed E-state index contributed by atoms with van der Waals surface area (Å²) < 4.78 is 0. The molecule has 2 heterocycles. The number of pyridine rings is 2. The van der Waals surface area contributed by atoms with Gasteiger partial charge < -0.3 is 0 Å². The van der Waals surface area contributed by atoms with Crippen molar-refractivity contribution in [1.29, 1.82) is 0 Å². The number of rotatable bonds is 0. The second kappa shape index (κ2) is 2.20. The van der Waals surface area contributed by atoms with Gasteiger partial charge in [0, 0.05) is 12.3 Å². The molecule has 0 spiro atoms. The fourth-order valence-electron chi connectivity index (χ4n) is 0.938. The zero-order valence-electron chi connectivity index (χ0n) is 5.69. The molecule has 53 valence electrons. The minimum atomic E-state index is -0.217. The van der Waals surface area contributed by atoms with Crippen molar-refractivity contribution in [2.75, 3.05) is 0 Å². The van der Waals surface area contributed by atoms with Gasteiger partial charge in [0.2, 0.25) is 0 Å². The van der Waals surface area contributed by atoms with Crippen LogP contribution in [0.4, 0.5) is 0 Å². The fraction of sp³-hybridized carbons (Fsp3) is 0. The predicted octanol–water partition coefficient (Wildman–Crippen LogP) is 1.77. The van der Waals surface area contributed by atoms with E-state index in [4.69, 9.17) is 0 Å². The Balaban J connectivity index is 2.83.